The highest BCUT2D eigenvalue weighted by Gasteiger charge is 2.20. The van der Waals surface area contributed by atoms with Gasteiger partial charge in [-0.2, -0.15) is 0 Å². The van der Waals surface area contributed by atoms with E-state index >= 15 is 0 Å². The number of carbonyl (C=O) groups excluding carboxylic acids is 1. The summed E-state index contributed by atoms with van der Waals surface area (Å²) in [4.78, 5) is 16.4. The SMILES string of the molecule is CCC(CO)NC(=O)c1ccc(N2CCN(CC)CC2)c(F)c1. The molecule has 1 saturated heterocycles. The van der Waals surface area contributed by atoms with Gasteiger partial charge in [0.15, 0.2) is 0 Å². The van der Waals surface area contributed by atoms with Crippen molar-refractivity contribution in [2.24, 2.45) is 0 Å². The van der Waals surface area contributed by atoms with Crippen molar-refractivity contribution < 1.29 is 14.3 Å². The van der Waals surface area contributed by atoms with Crippen LogP contribution in [-0.4, -0.2) is 61.3 Å². The Labute approximate surface area is 137 Å². The molecule has 1 fully saturated rings. The van der Waals surface area contributed by atoms with E-state index in [4.69, 9.17) is 5.11 Å². The third kappa shape index (κ3) is 4.42. The summed E-state index contributed by atoms with van der Waals surface area (Å²) in [5, 5.41) is 11.8. The van der Waals surface area contributed by atoms with Crippen LogP contribution in [0.5, 0.6) is 0 Å². The number of hydrogen-bond donors (Lipinski definition) is 2. The second kappa shape index (κ2) is 8.26. The standard InChI is InChI=1S/C17H26FN3O2/c1-3-14(12-22)19-17(23)13-5-6-16(15(18)11-13)21-9-7-20(4-2)8-10-21/h5-6,11,14,22H,3-4,7-10,12H2,1-2H3,(H,19,23). The number of rotatable bonds is 6. The second-order valence-corrected chi connectivity index (χ2v) is 5.85. The molecule has 0 aromatic heterocycles. The first-order chi connectivity index (χ1) is 11.1. The average Bonchev–Trinajstić information content (AvgIpc) is 2.59. The third-order valence-corrected chi connectivity index (χ3v) is 4.42. The lowest BCUT2D eigenvalue weighted by Crippen LogP contribution is -2.46. The van der Waals surface area contributed by atoms with Gasteiger partial charge in [0.25, 0.3) is 5.91 Å². The molecule has 1 aliphatic heterocycles. The predicted octanol–water partition coefficient (Wildman–Crippen LogP) is 1.47. The molecule has 0 bridgehead atoms. The quantitative estimate of drug-likeness (QED) is 0.832. The first kappa shape index (κ1) is 17.7. The molecular weight excluding hydrogens is 297 g/mol. The van der Waals surface area contributed by atoms with E-state index in [2.05, 4.69) is 17.1 Å². The van der Waals surface area contributed by atoms with Crippen LogP contribution in [0.15, 0.2) is 18.2 Å². The van der Waals surface area contributed by atoms with Gasteiger partial charge in [-0.1, -0.05) is 13.8 Å². The molecule has 1 heterocycles. The Morgan fingerprint density at radius 2 is 2.00 bits per heavy atom. The Kier molecular flexibility index (Phi) is 6.36. The van der Waals surface area contributed by atoms with Crippen molar-refractivity contribution in [3.63, 3.8) is 0 Å². The Morgan fingerprint density at radius 3 is 2.52 bits per heavy atom. The van der Waals surface area contributed by atoms with E-state index in [0.717, 1.165) is 32.7 Å². The number of nitrogens with zero attached hydrogens (tertiary/aromatic N) is 2. The fourth-order valence-corrected chi connectivity index (χ4v) is 2.76. The molecule has 5 nitrogen and oxygen atoms in total. The molecule has 1 aliphatic rings. The first-order valence-electron chi connectivity index (χ1n) is 8.27. The van der Waals surface area contributed by atoms with Gasteiger partial charge in [0, 0.05) is 31.7 Å². The molecule has 0 saturated carbocycles. The minimum atomic E-state index is -0.375. The number of halogens is 1. The van der Waals surface area contributed by atoms with E-state index in [9.17, 15) is 9.18 Å². The zero-order chi connectivity index (χ0) is 16.8. The van der Waals surface area contributed by atoms with Crippen LogP contribution in [-0.2, 0) is 0 Å². The van der Waals surface area contributed by atoms with Gasteiger partial charge in [-0.15, -0.1) is 0 Å². The lowest BCUT2D eigenvalue weighted by atomic mass is 10.1. The summed E-state index contributed by atoms with van der Waals surface area (Å²) in [6, 6.07) is 4.30. The van der Waals surface area contributed by atoms with E-state index in [0.29, 0.717) is 12.1 Å². The largest absolute Gasteiger partial charge is 0.394 e. The molecule has 1 amide bonds. The van der Waals surface area contributed by atoms with Gasteiger partial charge in [0.2, 0.25) is 0 Å². The molecule has 1 unspecified atom stereocenters. The van der Waals surface area contributed by atoms with Gasteiger partial charge in [0.1, 0.15) is 5.82 Å². The average molecular weight is 323 g/mol. The highest BCUT2D eigenvalue weighted by atomic mass is 19.1. The summed E-state index contributed by atoms with van der Waals surface area (Å²) in [7, 11) is 0. The normalized spacial score (nSPS) is 17.1. The van der Waals surface area contributed by atoms with Gasteiger partial charge >= 0.3 is 0 Å². The number of benzene rings is 1. The molecule has 2 rings (SSSR count). The zero-order valence-corrected chi connectivity index (χ0v) is 13.9. The summed E-state index contributed by atoms with van der Waals surface area (Å²) in [6.45, 7) is 8.32. The molecule has 0 radical (unpaired) electrons. The lowest BCUT2D eigenvalue weighted by Gasteiger charge is -2.35. The van der Waals surface area contributed by atoms with E-state index in [1.54, 1.807) is 12.1 Å². The molecule has 1 atom stereocenters. The molecule has 0 spiro atoms. The minimum absolute atomic E-state index is 0.121. The fraction of sp³-hybridized carbons (Fsp3) is 0.588. The Bertz CT molecular complexity index is 527. The number of amides is 1. The van der Waals surface area contributed by atoms with Crippen LogP contribution >= 0.6 is 0 Å². The number of anilines is 1. The van der Waals surface area contributed by atoms with E-state index in [-0.39, 0.29) is 29.9 Å². The minimum Gasteiger partial charge on any atom is -0.394 e. The maximum absolute atomic E-state index is 14.4. The summed E-state index contributed by atoms with van der Waals surface area (Å²) in [5.74, 6) is -0.730. The topological polar surface area (TPSA) is 55.8 Å². The molecule has 128 valence electrons. The van der Waals surface area contributed by atoms with Crippen molar-refractivity contribution >= 4 is 11.6 Å². The number of aliphatic hydroxyl groups is 1. The number of hydrogen-bond acceptors (Lipinski definition) is 4. The van der Waals surface area contributed by atoms with Crippen LogP contribution in [0.2, 0.25) is 0 Å². The van der Waals surface area contributed by atoms with Gasteiger partial charge in [-0.25, -0.2) is 4.39 Å². The lowest BCUT2D eigenvalue weighted by molar-refractivity contribution is 0.0914. The van der Waals surface area contributed by atoms with E-state index in [1.807, 2.05) is 11.8 Å². The smallest absolute Gasteiger partial charge is 0.251 e. The summed E-state index contributed by atoms with van der Waals surface area (Å²) in [6.07, 6.45) is 0.629. The van der Waals surface area contributed by atoms with Crippen molar-refractivity contribution in [2.45, 2.75) is 26.3 Å². The van der Waals surface area contributed by atoms with Gasteiger partial charge in [-0.05, 0) is 31.2 Å². The highest BCUT2D eigenvalue weighted by Crippen LogP contribution is 2.22. The summed E-state index contributed by atoms with van der Waals surface area (Å²) >= 11 is 0. The van der Waals surface area contributed by atoms with Crippen LogP contribution in [0.1, 0.15) is 30.6 Å². The van der Waals surface area contributed by atoms with Crippen molar-refractivity contribution in [3.8, 4) is 0 Å². The number of nitrogens with one attached hydrogen (secondary N) is 1. The fourth-order valence-electron chi connectivity index (χ4n) is 2.76. The Hall–Kier alpha value is -1.66. The van der Waals surface area contributed by atoms with Gasteiger partial charge in [0.05, 0.1) is 18.3 Å². The van der Waals surface area contributed by atoms with E-state index < -0.39 is 0 Å². The van der Waals surface area contributed by atoms with Crippen molar-refractivity contribution in [3.05, 3.63) is 29.6 Å². The third-order valence-electron chi connectivity index (χ3n) is 4.42. The molecule has 0 aliphatic carbocycles. The Morgan fingerprint density at radius 1 is 1.30 bits per heavy atom. The number of aliphatic hydroxyl groups excluding tert-OH is 1. The zero-order valence-electron chi connectivity index (χ0n) is 13.9. The van der Waals surface area contributed by atoms with Crippen LogP contribution in [0.4, 0.5) is 10.1 Å². The van der Waals surface area contributed by atoms with Gasteiger partial charge < -0.3 is 20.2 Å². The van der Waals surface area contributed by atoms with Crippen molar-refractivity contribution in [2.75, 3.05) is 44.2 Å². The Balaban J connectivity index is 2.04. The first-order valence-corrected chi connectivity index (χ1v) is 8.27. The molecule has 1 aromatic carbocycles. The molecule has 6 heteroatoms. The number of carbonyl (C=O) groups is 1. The van der Waals surface area contributed by atoms with E-state index in [1.165, 1.54) is 6.07 Å². The maximum Gasteiger partial charge on any atom is 0.251 e. The summed E-state index contributed by atoms with van der Waals surface area (Å²) in [5.41, 5.74) is 0.830. The molecular formula is C17H26FN3O2. The number of likely N-dealkylation sites (N-methyl/N-ethyl adjacent to an activating group) is 1. The second-order valence-electron chi connectivity index (χ2n) is 5.85. The number of piperazine rings is 1. The monoisotopic (exact) mass is 323 g/mol. The molecule has 1 aromatic rings. The van der Waals surface area contributed by atoms with Crippen LogP contribution in [0.25, 0.3) is 0 Å². The van der Waals surface area contributed by atoms with Crippen LogP contribution in [0, 0.1) is 5.82 Å². The predicted molar refractivity (Wildman–Crippen MR) is 89.4 cm³/mol. The molecule has 2 N–H and O–H groups in total. The van der Waals surface area contributed by atoms with Gasteiger partial charge in [-0.3, -0.25) is 4.79 Å². The highest BCUT2D eigenvalue weighted by molar-refractivity contribution is 5.94. The van der Waals surface area contributed by atoms with Crippen molar-refractivity contribution in [1.29, 1.82) is 0 Å². The van der Waals surface area contributed by atoms with Crippen LogP contribution in [0.3, 0.4) is 0 Å². The van der Waals surface area contributed by atoms with Crippen LogP contribution < -0.4 is 10.2 Å². The molecule has 23 heavy (non-hydrogen) atoms. The summed E-state index contributed by atoms with van der Waals surface area (Å²) < 4.78 is 14.4. The van der Waals surface area contributed by atoms with Crippen molar-refractivity contribution in [1.82, 2.24) is 10.2 Å². The maximum atomic E-state index is 14.4.